The van der Waals surface area contributed by atoms with Gasteiger partial charge in [0.15, 0.2) is 0 Å². The first-order valence-electron chi connectivity index (χ1n) is 13.0. The van der Waals surface area contributed by atoms with E-state index in [2.05, 4.69) is 0 Å². The van der Waals surface area contributed by atoms with Crippen LogP contribution < -0.4 is 0 Å². The Bertz CT molecular complexity index is 1290. The van der Waals surface area contributed by atoms with E-state index >= 15 is 0 Å². The third kappa shape index (κ3) is 23.8. The minimum absolute atomic E-state index is 0. The van der Waals surface area contributed by atoms with Gasteiger partial charge in [0.2, 0.25) is 0 Å². The molecule has 4 radical (unpaired) electrons. The Morgan fingerprint density at radius 3 is 0.622 bits per heavy atom. The first-order valence-corrected chi connectivity index (χ1v) is 13.0. The molecule has 0 saturated heterocycles. The Labute approximate surface area is 281 Å². The number of hydrogen-bond donors (Lipinski definition) is 4. The standard InChI is InChI=1S/4C9H8O2.Pb/c4*10-9(11)7-6-8-4-2-1-3-5-8;/h4*1-7H,(H,10,11);/b4*7-6+;. The number of carboxylic acids is 4. The predicted octanol–water partition coefficient (Wildman–Crippen LogP) is 6.76. The van der Waals surface area contributed by atoms with Crippen molar-refractivity contribution < 1.29 is 39.6 Å². The molecular formula is C36H32O8Pb. The number of rotatable bonds is 8. The van der Waals surface area contributed by atoms with Crippen LogP contribution in [-0.2, 0) is 19.2 Å². The van der Waals surface area contributed by atoms with E-state index in [1.165, 1.54) is 0 Å². The fourth-order valence-electron chi connectivity index (χ4n) is 2.93. The number of hydrogen-bond acceptors (Lipinski definition) is 4. The third-order valence-corrected chi connectivity index (χ3v) is 4.87. The van der Waals surface area contributed by atoms with Gasteiger partial charge in [-0.15, -0.1) is 0 Å². The van der Waals surface area contributed by atoms with Crippen LogP contribution in [0.4, 0.5) is 0 Å². The van der Waals surface area contributed by atoms with Gasteiger partial charge in [-0.1, -0.05) is 121 Å². The first kappa shape index (κ1) is 39.6. The summed E-state index contributed by atoms with van der Waals surface area (Å²) in [7, 11) is 0. The second-order valence-electron chi connectivity index (χ2n) is 8.33. The zero-order chi connectivity index (χ0) is 32.4. The quantitative estimate of drug-likeness (QED) is 0.113. The minimum atomic E-state index is -0.922. The van der Waals surface area contributed by atoms with Crippen molar-refractivity contribution in [1.82, 2.24) is 0 Å². The topological polar surface area (TPSA) is 149 Å². The zero-order valence-corrected chi connectivity index (χ0v) is 28.0. The van der Waals surface area contributed by atoms with Crippen LogP contribution in [0.25, 0.3) is 24.3 Å². The molecule has 0 saturated carbocycles. The van der Waals surface area contributed by atoms with Gasteiger partial charge < -0.3 is 20.4 Å². The summed E-state index contributed by atoms with van der Waals surface area (Å²) in [6.07, 6.45) is 10.7. The maximum absolute atomic E-state index is 10.1. The van der Waals surface area contributed by atoms with E-state index in [0.29, 0.717) is 0 Å². The van der Waals surface area contributed by atoms with E-state index in [9.17, 15) is 19.2 Å². The number of aliphatic carboxylic acids is 4. The van der Waals surface area contributed by atoms with Crippen LogP contribution in [0.5, 0.6) is 0 Å². The van der Waals surface area contributed by atoms with Gasteiger partial charge in [0.05, 0.1) is 0 Å². The molecule has 45 heavy (non-hydrogen) atoms. The molecule has 8 nitrogen and oxygen atoms in total. The van der Waals surface area contributed by atoms with Crippen LogP contribution in [-0.4, -0.2) is 71.6 Å². The molecule has 4 aromatic carbocycles. The minimum Gasteiger partial charge on any atom is -0.478 e. The normalized spacial score (nSPS) is 9.96. The Balaban J connectivity index is 0.000000569. The zero-order valence-electron chi connectivity index (χ0n) is 24.1. The van der Waals surface area contributed by atoms with Crippen molar-refractivity contribution in [2.24, 2.45) is 0 Å². The van der Waals surface area contributed by atoms with Crippen LogP contribution in [0.1, 0.15) is 22.3 Å². The summed E-state index contributed by atoms with van der Waals surface area (Å²) in [5, 5.41) is 33.2. The molecule has 228 valence electrons. The maximum Gasteiger partial charge on any atom is 0.328 e. The number of carbonyl (C=O) groups is 4. The summed E-state index contributed by atoms with van der Waals surface area (Å²) >= 11 is 0. The van der Waals surface area contributed by atoms with Gasteiger partial charge in [-0.25, -0.2) is 19.2 Å². The molecule has 0 bridgehead atoms. The van der Waals surface area contributed by atoms with Crippen molar-refractivity contribution >= 4 is 75.5 Å². The van der Waals surface area contributed by atoms with Gasteiger partial charge in [-0.3, -0.25) is 0 Å². The molecule has 0 atom stereocenters. The number of carboxylic acid groups (broad SMARTS) is 4. The van der Waals surface area contributed by atoms with Crippen molar-refractivity contribution in [3.63, 3.8) is 0 Å². The molecule has 0 unspecified atom stereocenters. The van der Waals surface area contributed by atoms with Gasteiger partial charge in [-0.2, -0.15) is 0 Å². The molecule has 0 fully saturated rings. The first-order chi connectivity index (χ1) is 21.2. The van der Waals surface area contributed by atoms with E-state index in [0.717, 1.165) is 46.6 Å². The van der Waals surface area contributed by atoms with Gasteiger partial charge >= 0.3 is 23.9 Å². The molecule has 0 aliphatic carbocycles. The smallest absolute Gasteiger partial charge is 0.328 e. The molecule has 4 rings (SSSR count). The second-order valence-corrected chi connectivity index (χ2v) is 8.33. The summed E-state index contributed by atoms with van der Waals surface area (Å²) in [5.41, 5.74) is 3.59. The van der Waals surface area contributed by atoms with E-state index in [1.54, 1.807) is 24.3 Å². The van der Waals surface area contributed by atoms with E-state index in [4.69, 9.17) is 20.4 Å². The van der Waals surface area contributed by atoms with Crippen LogP contribution in [0, 0.1) is 0 Å². The SMILES string of the molecule is O=C(O)/C=C/c1ccccc1.O=C(O)/C=C/c1ccccc1.O=C(O)/C=C/c1ccccc1.O=C(O)/C=C/c1ccccc1.[Pb]. The molecule has 0 aliphatic heterocycles. The van der Waals surface area contributed by atoms with E-state index < -0.39 is 23.9 Å². The van der Waals surface area contributed by atoms with Crippen LogP contribution in [0.2, 0.25) is 0 Å². The summed E-state index contributed by atoms with van der Waals surface area (Å²) in [5.74, 6) is -3.69. The summed E-state index contributed by atoms with van der Waals surface area (Å²) in [4.78, 5) is 40.3. The molecule has 0 spiro atoms. The molecular weight excluding hydrogens is 768 g/mol. The van der Waals surface area contributed by atoms with Crippen LogP contribution in [0.15, 0.2) is 146 Å². The molecule has 4 N–H and O–H groups in total. The van der Waals surface area contributed by atoms with Gasteiger partial charge in [0.25, 0.3) is 0 Å². The maximum atomic E-state index is 10.1. The average molecular weight is 800 g/mol. The fourth-order valence-corrected chi connectivity index (χ4v) is 2.93. The molecule has 9 heteroatoms. The largest absolute Gasteiger partial charge is 0.478 e. The van der Waals surface area contributed by atoms with E-state index in [-0.39, 0.29) is 27.3 Å². The summed E-state index contributed by atoms with van der Waals surface area (Å²) in [6, 6.07) is 37.2. The average Bonchev–Trinajstić information content (AvgIpc) is 3.04. The monoisotopic (exact) mass is 800 g/mol. The van der Waals surface area contributed by atoms with Crippen molar-refractivity contribution in [3.05, 3.63) is 168 Å². The number of benzene rings is 4. The molecule has 0 aliphatic rings. The summed E-state index contributed by atoms with van der Waals surface area (Å²) in [6.45, 7) is 0. The molecule has 0 heterocycles. The Morgan fingerprint density at radius 1 is 0.333 bits per heavy atom. The Kier molecular flexibility index (Phi) is 22.2. The molecule has 0 aromatic heterocycles. The predicted molar refractivity (Wildman–Crippen MR) is 178 cm³/mol. The van der Waals surface area contributed by atoms with Crippen LogP contribution in [0.3, 0.4) is 0 Å². The van der Waals surface area contributed by atoms with Crippen molar-refractivity contribution in [3.8, 4) is 0 Å². The fraction of sp³-hybridized carbons (Fsp3) is 0. The second kappa shape index (κ2) is 25.2. The van der Waals surface area contributed by atoms with E-state index in [1.807, 2.05) is 121 Å². The van der Waals surface area contributed by atoms with Gasteiger partial charge in [0.1, 0.15) is 0 Å². The van der Waals surface area contributed by atoms with Crippen molar-refractivity contribution in [1.29, 1.82) is 0 Å². The Morgan fingerprint density at radius 2 is 0.489 bits per heavy atom. The molecule has 4 aromatic rings. The van der Waals surface area contributed by atoms with Crippen molar-refractivity contribution in [2.45, 2.75) is 0 Å². The van der Waals surface area contributed by atoms with Crippen LogP contribution >= 0.6 is 0 Å². The Hall–Kier alpha value is -5.36. The van der Waals surface area contributed by atoms with Gasteiger partial charge in [-0.05, 0) is 46.6 Å². The summed E-state index contributed by atoms with van der Waals surface area (Å²) < 4.78 is 0. The third-order valence-electron chi connectivity index (χ3n) is 4.87. The van der Waals surface area contributed by atoms with Crippen molar-refractivity contribution in [2.75, 3.05) is 0 Å². The van der Waals surface area contributed by atoms with Gasteiger partial charge in [0, 0.05) is 51.6 Å². The molecule has 0 amide bonds.